The minimum atomic E-state index is -0.905. The van der Waals surface area contributed by atoms with Gasteiger partial charge in [-0.15, -0.1) is 0 Å². The minimum Gasteiger partial charge on any atom is -0.436 e. The quantitative estimate of drug-likeness (QED) is 0.333. The summed E-state index contributed by atoms with van der Waals surface area (Å²) >= 11 is 4.08. The molecule has 0 aliphatic carbocycles. The van der Waals surface area contributed by atoms with Crippen molar-refractivity contribution in [2.75, 3.05) is 55.9 Å². The Morgan fingerprint density at radius 3 is 2.38 bits per heavy atom. The summed E-state index contributed by atoms with van der Waals surface area (Å²) in [6, 6.07) is 9.65. The molecule has 0 saturated carbocycles. The van der Waals surface area contributed by atoms with Crippen LogP contribution in [0.25, 0.3) is 0 Å². The van der Waals surface area contributed by atoms with Crippen LogP contribution in [0, 0.1) is 11.6 Å². The van der Waals surface area contributed by atoms with Crippen LogP contribution in [-0.2, 0) is 11.2 Å². The number of piperazine rings is 1. The number of carbonyl (C=O) groups excluding carboxylic acids is 3. The Bertz CT molecular complexity index is 1520. The second-order valence-corrected chi connectivity index (χ2v) is 11.3. The van der Waals surface area contributed by atoms with Gasteiger partial charge in [0.1, 0.15) is 18.0 Å². The summed E-state index contributed by atoms with van der Waals surface area (Å²) in [5.74, 6) is -1.93. The van der Waals surface area contributed by atoms with Gasteiger partial charge in [0.2, 0.25) is 11.8 Å². The number of nitrogens with zero attached hydrogens (tertiary/aromatic N) is 6. The van der Waals surface area contributed by atoms with Gasteiger partial charge in [-0.05, 0) is 62.8 Å². The molecule has 1 aromatic heterocycles. The highest BCUT2D eigenvalue weighted by molar-refractivity contribution is 7.82. The first kappa shape index (κ1) is 32.1. The molecule has 238 valence electrons. The van der Waals surface area contributed by atoms with E-state index in [1.165, 1.54) is 48.8 Å². The number of urea groups is 2. The molecule has 45 heavy (non-hydrogen) atoms. The monoisotopic (exact) mass is 640 g/mol. The molecule has 15 heteroatoms. The van der Waals surface area contributed by atoms with Gasteiger partial charge in [0.05, 0.1) is 12.1 Å². The maximum Gasteiger partial charge on any atom is 0.338 e. The normalized spacial score (nSPS) is 16.2. The number of anilines is 2. The predicted octanol–water partition coefficient (Wildman–Crippen LogP) is 3.92. The number of imide groups is 1. The molecule has 5 amide bonds. The van der Waals surface area contributed by atoms with Crippen molar-refractivity contribution in [1.82, 2.24) is 30.0 Å². The minimum absolute atomic E-state index is 0.00843. The molecule has 2 aliphatic heterocycles. The third-order valence-corrected chi connectivity index (χ3v) is 8.19. The van der Waals surface area contributed by atoms with E-state index in [-0.39, 0.29) is 35.6 Å². The Morgan fingerprint density at radius 2 is 1.69 bits per heavy atom. The molecule has 2 fully saturated rings. The number of hydrogen-bond acceptors (Lipinski definition) is 9. The SMILES string of the molecule is CN1CCC(N2CCN(C(=O)Nc3cc(Oc4ccc(N(S)C(=O)NC(=O)Cc5ccc(F)cc5)cc4F)ncn3)CC2)CC1. The zero-order valence-corrected chi connectivity index (χ0v) is 25.6. The third kappa shape index (κ3) is 8.65. The molecule has 12 nitrogen and oxygen atoms in total. The maximum absolute atomic E-state index is 14.9. The Kier molecular flexibility index (Phi) is 10.4. The van der Waals surface area contributed by atoms with E-state index >= 15 is 0 Å². The molecule has 5 rings (SSSR count). The standard InChI is InChI=1S/C30H34F2N8O4S/c1-37-10-8-22(9-11-37)38-12-14-39(15-13-38)29(42)35-26-18-28(34-19-33-26)44-25-7-6-23(17-24(25)32)40(45)30(43)36-27(41)16-20-2-4-21(31)5-3-20/h2-7,17-19,22,45H,8-16H2,1H3,(H,36,41,43)(H,33,34,35,42). The second-order valence-electron chi connectivity index (χ2n) is 10.9. The number of benzene rings is 2. The molecule has 2 N–H and O–H groups in total. The van der Waals surface area contributed by atoms with Gasteiger partial charge in [0, 0.05) is 44.4 Å². The molecule has 2 saturated heterocycles. The van der Waals surface area contributed by atoms with Crippen LogP contribution in [0.15, 0.2) is 54.9 Å². The molecule has 0 atom stereocenters. The third-order valence-electron chi connectivity index (χ3n) is 7.77. The van der Waals surface area contributed by atoms with Crippen molar-refractivity contribution in [1.29, 1.82) is 0 Å². The van der Waals surface area contributed by atoms with E-state index in [0.717, 1.165) is 49.4 Å². The fourth-order valence-corrected chi connectivity index (χ4v) is 5.42. The summed E-state index contributed by atoms with van der Waals surface area (Å²) in [6.45, 7) is 5.01. The zero-order valence-electron chi connectivity index (χ0n) is 24.7. The largest absolute Gasteiger partial charge is 0.436 e. The van der Waals surface area contributed by atoms with E-state index in [9.17, 15) is 23.2 Å². The van der Waals surface area contributed by atoms with Gasteiger partial charge in [-0.3, -0.25) is 20.3 Å². The highest BCUT2D eigenvalue weighted by Gasteiger charge is 2.28. The van der Waals surface area contributed by atoms with Crippen molar-refractivity contribution in [3.63, 3.8) is 0 Å². The van der Waals surface area contributed by atoms with Gasteiger partial charge in [0.15, 0.2) is 11.6 Å². The zero-order chi connectivity index (χ0) is 31.9. The van der Waals surface area contributed by atoms with Gasteiger partial charge in [-0.25, -0.2) is 32.6 Å². The number of amides is 5. The van der Waals surface area contributed by atoms with E-state index in [2.05, 4.69) is 50.3 Å². The molecular formula is C30H34F2N8O4S. The van der Waals surface area contributed by atoms with E-state index in [4.69, 9.17) is 4.74 Å². The number of nitrogens with one attached hydrogen (secondary N) is 2. The van der Waals surface area contributed by atoms with E-state index in [0.29, 0.717) is 24.7 Å². The molecule has 2 aliphatic rings. The number of carbonyl (C=O) groups is 3. The summed E-state index contributed by atoms with van der Waals surface area (Å²) in [5, 5.41) is 4.90. The number of aromatic nitrogens is 2. The molecular weight excluding hydrogens is 606 g/mol. The number of ether oxygens (including phenoxy) is 1. The van der Waals surface area contributed by atoms with Crippen LogP contribution < -0.4 is 19.7 Å². The molecule has 0 spiro atoms. The molecule has 0 unspecified atom stereocenters. The first-order valence-electron chi connectivity index (χ1n) is 14.5. The lowest BCUT2D eigenvalue weighted by Crippen LogP contribution is -2.54. The van der Waals surface area contributed by atoms with Gasteiger partial charge < -0.3 is 14.5 Å². The van der Waals surface area contributed by atoms with Crippen LogP contribution in [0.4, 0.5) is 29.9 Å². The average Bonchev–Trinajstić information content (AvgIpc) is 3.03. The van der Waals surface area contributed by atoms with Crippen LogP contribution in [-0.4, -0.2) is 95.0 Å². The van der Waals surface area contributed by atoms with Crippen molar-refractivity contribution in [2.24, 2.45) is 0 Å². The predicted molar refractivity (Wildman–Crippen MR) is 166 cm³/mol. The second kappa shape index (κ2) is 14.6. The lowest BCUT2D eigenvalue weighted by molar-refractivity contribution is -0.119. The number of thiol groups is 1. The number of likely N-dealkylation sites (tertiary alicyclic amines) is 1. The maximum atomic E-state index is 14.9. The fraction of sp³-hybridized carbons (Fsp3) is 0.367. The number of hydrogen-bond donors (Lipinski definition) is 3. The number of piperidine rings is 1. The highest BCUT2D eigenvalue weighted by atomic mass is 32.1. The summed E-state index contributed by atoms with van der Waals surface area (Å²) in [5.41, 5.74) is 0.537. The van der Waals surface area contributed by atoms with Crippen molar-refractivity contribution < 1.29 is 27.9 Å². The van der Waals surface area contributed by atoms with Crippen LogP contribution in [0.3, 0.4) is 0 Å². The van der Waals surface area contributed by atoms with Gasteiger partial charge in [-0.1, -0.05) is 24.9 Å². The smallest absolute Gasteiger partial charge is 0.338 e. The highest BCUT2D eigenvalue weighted by Crippen LogP contribution is 2.29. The number of rotatable bonds is 7. The Hall–Kier alpha value is -4.34. The lowest BCUT2D eigenvalue weighted by atomic mass is 10.0. The van der Waals surface area contributed by atoms with Gasteiger partial charge in [0.25, 0.3) is 0 Å². The Balaban J connectivity index is 1.12. The molecule has 0 radical (unpaired) electrons. The Morgan fingerprint density at radius 1 is 0.978 bits per heavy atom. The fourth-order valence-electron chi connectivity index (χ4n) is 5.24. The van der Waals surface area contributed by atoms with Crippen molar-refractivity contribution in [3.05, 3.63) is 72.1 Å². The van der Waals surface area contributed by atoms with Gasteiger partial charge in [-0.2, -0.15) is 0 Å². The summed E-state index contributed by atoms with van der Waals surface area (Å²) in [4.78, 5) is 52.2. The first-order valence-corrected chi connectivity index (χ1v) is 14.9. The van der Waals surface area contributed by atoms with Crippen LogP contribution in [0.2, 0.25) is 0 Å². The van der Waals surface area contributed by atoms with Crippen molar-refractivity contribution in [2.45, 2.75) is 25.3 Å². The summed E-state index contributed by atoms with van der Waals surface area (Å²) in [6.07, 6.45) is 3.31. The molecule has 0 bridgehead atoms. The van der Waals surface area contributed by atoms with E-state index in [1.54, 1.807) is 4.90 Å². The first-order chi connectivity index (χ1) is 21.6. The summed E-state index contributed by atoms with van der Waals surface area (Å²) < 4.78 is 34.3. The average molecular weight is 641 g/mol. The van der Waals surface area contributed by atoms with Gasteiger partial charge >= 0.3 is 12.1 Å². The topological polar surface area (TPSA) is 123 Å². The van der Waals surface area contributed by atoms with Crippen LogP contribution in [0.5, 0.6) is 11.6 Å². The van der Waals surface area contributed by atoms with E-state index in [1.807, 2.05) is 0 Å². The van der Waals surface area contributed by atoms with Crippen LogP contribution >= 0.6 is 12.8 Å². The Labute approximate surface area is 264 Å². The van der Waals surface area contributed by atoms with Crippen molar-refractivity contribution in [3.8, 4) is 11.6 Å². The van der Waals surface area contributed by atoms with E-state index < -0.39 is 23.6 Å². The molecule has 3 heterocycles. The van der Waals surface area contributed by atoms with Crippen molar-refractivity contribution >= 4 is 42.3 Å². The molecule has 3 aromatic rings. The number of halogens is 2. The van der Waals surface area contributed by atoms with Crippen LogP contribution in [0.1, 0.15) is 18.4 Å². The lowest BCUT2D eigenvalue weighted by Gasteiger charge is -2.42. The molecule has 2 aromatic carbocycles. The summed E-state index contributed by atoms with van der Waals surface area (Å²) in [7, 11) is 2.14.